The van der Waals surface area contributed by atoms with Gasteiger partial charge in [0.15, 0.2) is 17.4 Å². The van der Waals surface area contributed by atoms with Gasteiger partial charge in [-0.25, -0.2) is 19.3 Å². The van der Waals surface area contributed by atoms with Crippen LogP contribution in [0.4, 0.5) is 10.1 Å². The molecule has 0 amide bonds. The number of halogens is 1. The number of anilines is 1. The summed E-state index contributed by atoms with van der Waals surface area (Å²) in [6, 6.07) is 8.55. The Bertz CT molecular complexity index is 1560. The Morgan fingerprint density at radius 2 is 1.94 bits per heavy atom. The van der Waals surface area contributed by atoms with E-state index in [0.717, 1.165) is 29.2 Å². The van der Waals surface area contributed by atoms with Gasteiger partial charge in [0.1, 0.15) is 16.2 Å². The molecule has 0 saturated carbocycles. The van der Waals surface area contributed by atoms with E-state index in [1.54, 1.807) is 25.5 Å². The van der Waals surface area contributed by atoms with Crippen LogP contribution >= 0.6 is 11.3 Å². The van der Waals surface area contributed by atoms with Crippen LogP contribution in [0.15, 0.2) is 42.0 Å². The van der Waals surface area contributed by atoms with E-state index in [1.807, 2.05) is 11.4 Å². The van der Waals surface area contributed by atoms with E-state index in [1.165, 1.54) is 16.0 Å². The molecule has 3 aromatic heterocycles. The van der Waals surface area contributed by atoms with Gasteiger partial charge >= 0.3 is 0 Å². The third-order valence-corrected chi connectivity index (χ3v) is 7.09. The lowest BCUT2D eigenvalue weighted by Crippen LogP contribution is -2.54. The van der Waals surface area contributed by atoms with E-state index in [-0.39, 0.29) is 16.9 Å². The van der Waals surface area contributed by atoms with Crippen LogP contribution in [-0.2, 0) is 7.05 Å². The van der Waals surface area contributed by atoms with Crippen molar-refractivity contribution in [3.63, 3.8) is 0 Å². The number of phenolic OH excluding ortho intramolecular Hbond substituents is 1. The Labute approximate surface area is 205 Å². The fourth-order valence-electron chi connectivity index (χ4n) is 4.88. The molecule has 4 heterocycles. The second-order valence-corrected chi connectivity index (χ2v) is 10.0. The maximum absolute atomic E-state index is 15.0. The number of benzene rings is 2. The van der Waals surface area contributed by atoms with E-state index in [4.69, 9.17) is 9.97 Å². The number of aromatic nitrogens is 5. The number of fused-ring (bicyclic) bond motifs is 2. The molecule has 2 N–H and O–H groups in total. The highest BCUT2D eigenvalue weighted by atomic mass is 32.1. The number of nitrogens with zero attached hydrogens (tertiary/aromatic N) is 6. The lowest BCUT2D eigenvalue weighted by molar-refractivity contribution is 0.407. The zero-order valence-corrected chi connectivity index (χ0v) is 20.3. The molecule has 2 atom stereocenters. The maximum atomic E-state index is 15.0. The van der Waals surface area contributed by atoms with Gasteiger partial charge in [0.05, 0.1) is 11.1 Å². The molecule has 2 aromatic carbocycles. The van der Waals surface area contributed by atoms with Crippen LogP contribution < -0.4 is 10.2 Å². The van der Waals surface area contributed by atoms with Crippen LogP contribution in [0.3, 0.4) is 0 Å². The summed E-state index contributed by atoms with van der Waals surface area (Å²) in [6.45, 7) is 6.18. The first-order valence-electron chi connectivity index (χ1n) is 11.4. The Balaban J connectivity index is 1.54. The van der Waals surface area contributed by atoms with Crippen molar-refractivity contribution in [1.82, 2.24) is 30.0 Å². The van der Waals surface area contributed by atoms with Crippen molar-refractivity contribution >= 4 is 38.8 Å². The zero-order chi connectivity index (χ0) is 24.3. The highest BCUT2D eigenvalue weighted by Crippen LogP contribution is 2.38. The Hall–Kier alpha value is -3.63. The molecule has 1 aliphatic rings. The van der Waals surface area contributed by atoms with Gasteiger partial charge in [-0.1, -0.05) is 0 Å². The maximum Gasteiger partial charge on any atom is 0.193 e. The zero-order valence-electron chi connectivity index (χ0n) is 19.5. The molecular formula is C25H24FN7OS. The molecule has 5 aromatic rings. The summed E-state index contributed by atoms with van der Waals surface area (Å²) in [5.41, 5.74) is 2.78. The second kappa shape index (κ2) is 8.24. The van der Waals surface area contributed by atoms with Gasteiger partial charge in [0.2, 0.25) is 0 Å². The number of nitrogens with one attached hydrogen (secondary N) is 1. The smallest absolute Gasteiger partial charge is 0.193 e. The van der Waals surface area contributed by atoms with Crippen molar-refractivity contribution in [3.8, 4) is 27.8 Å². The number of aryl methyl sites for hydroxylation is 1. The summed E-state index contributed by atoms with van der Waals surface area (Å²) >= 11 is 1.48. The molecule has 0 unspecified atom stereocenters. The SMILES string of the molecule is C[C@H]1CN(c2ccc3nc(-c4cc5cn(C)nc5c(F)c4O)nc(-c4nccs4)c3c2)C[C@H](C)N1. The van der Waals surface area contributed by atoms with Crippen LogP contribution in [0.2, 0.25) is 0 Å². The number of piperazine rings is 1. The van der Waals surface area contributed by atoms with E-state index in [0.29, 0.717) is 28.7 Å². The molecule has 1 saturated heterocycles. The third-order valence-electron chi connectivity index (χ3n) is 6.31. The lowest BCUT2D eigenvalue weighted by atomic mass is 10.1. The third kappa shape index (κ3) is 3.78. The average molecular weight is 490 g/mol. The molecule has 6 rings (SSSR count). The summed E-state index contributed by atoms with van der Waals surface area (Å²) in [5, 5.41) is 22.4. The highest BCUT2D eigenvalue weighted by Gasteiger charge is 2.24. The fourth-order valence-corrected chi connectivity index (χ4v) is 5.52. The van der Waals surface area contributed by atoms with Crippen LogP contribution in [0.1, 0.15) is 13.8 Å². The Morgan fingerprint density at radius 3 is 2.69 bits per heavy atom. The summed E-state index contributed by atoms with van der Waals surface area (Å²) in [7, 11) is 1.71. The summed E-state index contributed by atoms with van der Waals surface area (Å²) in [4.78, 5) is 16.4. The molecule has 0 bridgehead atoms. The Morgan fingerprint density at radius 1 is 1.14 bits per heavy atom. The lowest BCUT2D eigenvalue weighted by Gasteiger charge is -2.37. The summed E-state index contributed by atoms with van der Waals surface area (Å²) < 4.78 is 16.5. The predicted molar refractivity (Wildman–Crippen MR) is 136 cm³/mol. The number of thiazole rings is 1. The molecule has 1 aliphatic heterocycles. The molecular weight excluding hydrogens is 465 g/mol. The van der Waals surface area contributed by atoms with E-state index in [9.17, 15) is 9.50 Å². The van der Waals surface area contributed by atoms with Gasteiger partial charge in [-0.15, -0.1) is 11.3 Å². The van der Waals surface area contributed by atoms with Crippen LogP contribution in [0.5, 0.6) is 5.75 Å². The predicted octanol–water partition coefficient (Wildman–Crippen LogP) is 4.34. The number of hydrogen-bond donors (Lipinski definition) is 2. The van der Waals surface area contributed by atoms with Crippen molar-refractivity contribution in [3.05, 3.63) is 47.9 Å². The fraction of sp³-hybridized carbons (Fsp3) is 0.280. The van der Waals surface area contributed by atoms with Crippen molar-refractivity contribution < 1.29 is 9.50 Å². The van der Waals surface area contributed by atoms with E-state index >= 15 is 0 Å². The van der Waals surface area contributed by atoms with Crippen molar-refractivity contribution in [2.45, 2.75) is 25.9 Å². The molecule has 1 fully saturated rings. The van der Waals surface area contributed by atoms with Crippen LogP contribution in [0, 0.1) is 5.82 Å². The number of rotatable bonds is 3. The molecule has 178 valence electrons. The van der Waals surface area contributed by atoms with Gasteiger partial charge in [-0.3, -0.25) is 4.68 Å². The molecule has 0 aliphatic carbocycles. The van der Waals surface area contributed by atoms with Crippen molar-refractivity contribution in [2.24, 2.45) is 7.05 Å². The van der Waals surface area contributed by atoms with Crippen LogP contribution in [-0.4, -0.2) is 55.0 Å². The van der Waals surface area contributed by atoms with Gasteiger partial charge in [-0.05, 0) is 38.1 Å². The molecule has 35 heavy (non-hydrogen) atoms. The average Bonchev–Trinajstić information content (AvgIpc) is 3.49. The number of hydrogen-bond acceptors (Lipinski definition) is 8. The highest BCUT2D eigenvalue weighted by molar-refractivity contribution is 7.13. The van der Waals surface area contributed by atoms with Gasteiger partial charge < -0.3 is 15.3 Å². The molecule has 10 heteroatoms. The van der Waals surface area contributed by atoms with E-state index in [2.05, 4.69) is 46.3 Å². The second-order valence-electron chi connectivity index (χ2n) is 9.14. The summed E-state index contributed by atoms with van der Waals surface area (Å²) in [6.07, 6.45) is 3.43. The number of aromatic hydroxyl groups is 1. The number of phenols is 1. The minimum Gasteiger partial charge on any atom is -0.504 e. The standard InChI is InChI=1S/C25H24FN7OS/c1-13-10-33(11-14(2)28-13)16-4-5-19-17(9-16)22(25-27-6-7-35-25)30-24(29-19)18-8-15-12-32(3)31-21(15)20(26)23(18)34/h4-9,12-14,28,34H,10-11H2,1-3H3/t13-,14-/m0/s1. The first-order valence-corrected chi connectivity index (χ1v) is 12.3. The largest absolute Gasteiger partial charge is 0.504 e. The molecule has 0 spiro atoms. The van der Waals surface area contributed by atoms with Crippen molar-refractivity contribution in [1.29, 1.82) is 0 Å². The van der Waals surface area contributed by atoms with Crippen molar-refractivity contribution in [2.75, 3.05) is 18.0 Å². The Kier molecular flexibility index (Phi) is 5.15. The van der Waals surface area contributed by atoms with E-state index < -0.39 is 11.6 Å². The van der Waals surface area contributed by atoms with Gasteiger partial charge in [0, 0.05) is 66.5 Å². The van der Waals surface area contributed by atoms with Gasteiger partial charge in [-0.2, -0.15) is 5.10 Å². The van der Waals surface area contributed by atoms with Crippen LogP contribution in [0.25, 0.3) is 43.9 Å². The summed E-state index contributed by atoms with van der Waals surface area (Å²) in [5.74, 6) is -1.06. The molecule has 0 radical (unpaired) electrons. The first-order chi connectivity index (χ1) is 16.9. The van der Waals surface area contributed by atoms with Gasteiger partial charge in [0.25, 0.3) is 0 Å². The monoisotopic (exact) mass is 489 g/mol. The molecule has 8 nitrogen and oxygen atoms in total. The minimum absolute atomic E-state index is 0.110. The first kappa shape index (κ1) is 21.9. The topological polar surface area (TPSA) is 92.0 Å². The minimum atomic E-state index is -0.783. The quantitative estimate of drug-likeness (QED) is 0.390. The normalized spacial score (nSPS) is 18.6.